The Labute approximate surface area is 193 Å². The maximum atomic E-state index is 2.46. The van der Waals surface area contributed by atoms with E-state index in [0.717, 1.165) is 19.4 Å². The van der Waals surface area contributed by atoms with Crippen molar-refractivity contribution in [3.8, 4) is 11.1 Å². The van der Waals surface area contributed by atoms with Gasteiger partial charge >= 0.3 is 0 Å². The molecule has 0 saturated heterocycles. The van der Waals surface area contributed by atoms with Crippen molar-refractivity contribution in [2.45, 2.75) is 19.4 Å². The Balaban J connectivity index is 1.45. The van der Waals surface area contributed by atoms with Crippen molar-refractivity contribution in [3.63, 3.8) is 0 Å². The maximum Gasteiger partial charge on any atom is 0.0539 e. The smallest absolute Gasteiger partial charge is 0.0539 e. The van der Waals surface area contributed by atoms with Crippen molar-refractivity contribution < 1.29 is 0 Å². The fourth-order valence-electron chi connectivity index (χ4n) is 5.56. The first-order chi connectivity index (χ1) is 16.4. The fourth-order valence-corrected chi connectivity index (χ4v) is 5.56. The maximum absolute atomic E-state index is 2.46. The number of aromatic nitrogens is 1. The van der Waals surface area contributed by atoms with Crippen LogP contribution in [-0.2, 0) is 6.54 Å². The van der Waals surface area contributed by atoms with Crippen LogP contribution in [0.15, 0.2) is 109 Å². The van der Waals surface area contributed by atoms with Gasteiger partial charge in [0.25, 0.3) is 0 Å². The van der Waals surface area contributed by atoms with Crippen molar-refractivity contribution in [1.29, 1.82) is 0 Å². The Morgan fingerprint density at radius 3 is 2.36 bits per heavy atom. The molecule has 2 aliphatic rings. The third-order valence-corrected chi connectivity index (χ3v) is 7.08. The molecular weight excluding hydrogens is 400 g/mol. The van der Waals surface area contributed by atoms with E-state index < -0.39 is 0 Å². The van der Waals surface area contributed by atoms with Crippen LogP contribution >= 0.6 is 0 Å². The summed E-state index contributed by atoms with van der Waals surface area (Å²) in [6.45, 7) is 0.882. The summed E-state index contributed by atoms with van der Waals surface area (Å²) in [6.07, 6.45) is 8.88. The quantitative estimate of drug-likeness (QED) is 0.277. The monoisotopic (exact) mass is 424 g/mol. The Bertz CT molecular complexity index is 1600. The van der Waals surface area contributed by atoms with Crippen molar-refractivity contribution in [2.24, 2.45) is 0 Å². The van der Waals surface area contributed by atoms with Crippen LogP contribution in [0.3, 0.4) is 0 Å². The average molecular weight is 425 g/mol. The Morgan fingerprint density at radius 1 is 0.667 bits per heavy atom. The van der Waals surface area contributed by atoms with E-state index in [1.807, 2.05) is 0 Å². The van der Waals surface area contributed by atoms with E-state index in [9.17, 15) is 0 Å². The lowest BCUT2D eigenvalue weighted by Crippen LogP contribution is -2.21. The topological polar surface area (TPSA) is 8.17 Å². The number of hydrogen-bond acceptors (Lipinski definition) is 1. The SMILES string of the molecule is C1=CCCC(n2c3ccccc3c3cc(N4Cc5ccccc5-c5ccccc54)ccc32)=C1. The van der Waals surface area contributed by atoms with E-state index in [0.29, 0.717) is 0 Å². The minimum absolute atomic E-state index is 0.882. The van der Waals surface area contributed by atoms with E-state index in [2.05, 4.69) is 119 Å². The number of hydrogen-bond donors (Lipinski definition) is 0. The van der Waals surface area contributed by atoms with Crippen LogP contribution in [0, 0.1) is 0 Å². The van der Waals surface area contributed by atoms with Gasteiger partial charge in [-0.1, -0.05) is 72.8 Å². The summed E-state index contributed by atoms with van der Waals surface area (Å²) in [5.74, 6) is 0. The second-order valence-corrected chi connectivity index (χ2v) is 8.94. The highest BCUT2D eigenvalue weighted by Crippen LogP contribution is 2.44. The Hall–Kier alpha value is -4.04. The number of fused-ring (bicyclic) bond motifs is 6. The lowest BCUT2D eigenvalue weighted by molar-refractivity contribution is 0.961. The molecule has 1 aliphatic heterocycles. The van der Waals surface area contributed by atoms with Crippen LogP contribution in [0.1, 0.15) is 18.4 Å². The predicted octanol–water partition coefficient (Wildman–Crippen LogP) is 8.30. The summed E-state index contributed by atoms with van der Waals surface area (Å²) >= 11 is 0. The first-order valence-electron chi connectivity index (χ1n) is 11.7. The van der Waals surface area contributed by atoms with Crippen LogP contribution < -0.4 is 4.90 Å². The van der Waals surface area contributed by atoms with Crippen LogP contribution in [-0.4, -0.2) is 4.57 Å². The van der Waals surface area contributed by atoms with E-state index in [1.54, 1.807) is 0 Å². The van der Waals surface area contributed by atoms with Crippen LogP contribution in [0.2, 0.25) is 0 Å². The first kappa shape index (κ1) is 18.5. The summed E-state index contributed by atoms with van der Waals surface area (Å²) in [5.41, 5.74) is 10.5. The molecule has 2 heterocycles. The van der Waals surface area contributed by atoms with Crippen LogP contribution in [0.5, 0.6) is 0 Å². The molecule has 1 aromatic heterocycles. The highest BCUT2D eigenvalue weighted by molar-refractivity contribution is 6.11. The molecule has 5 aromatic rings. The Kier molecular flexibility index (Phi) is 4.07. The average Bonchev–Trinajstić information content (AvgIpc) is 3.22. The second kappa shape index (κ2) is 7.25. The van der Waals surface area contributed by atoms with Gasteiger partial charge in [-0.15, -0.1) is 0 Å². The summed E-state index contributed by atoms with van der Waals surface area (Å²) < 4.78 is 2.46. The highest BCUT2D eigenvalue weighted by atomic mass is 15.1. The molecule has 0 amide bonds. The number of allylic oxidation sites excluding steroid dienone is 4. The van der Waals surface area contributed by atoms with Crippen LogP contribution in [0.4, 0.5) is 11.4 Å². The molecule has 33 heavy (non-hydrogen) atoms. The largest absolute Gasteiger partial charge is 0.336 e. The number of para-hydroxylation sites is 2. The summed E-state index contributed by atoms with van der Waals surface area (Å²) in [6, 6.07) is 33.4. The van der Waals surface area contributed by atoms with E-state index in [4.69, 9.17) is 0 Å². The summed E-state index contributed by atoms with van der Waals surface area (Å²) in [4.78, 5) is 2.46. The number of benzene rings is 4. The molecule has 0 fully saturated rings. The van der Waals surface area contributed by atoms with Gasteiger partial charge in [0, 0.05) is 40.0 Å². The van der Waals surface area contributed by atoms with Crippen molar-refractivity contribution in [1.82, 2.24) is 4.57 Å². The normalized spacial score (nSPS) is 14.9. The lowest BCUT2D eigenvalue weighted by Gasteiger charge is -2.33. The van der Waals surface area contributed by atoms with E-state index in [1.165, 1.54) is 55.6 Å². The predicted molar refractivity (Wildman–Crippen MR) is 140 cm³/mol. The standard InChI is InChI=1S/C31H24N2/c1-2-11-23(12-3-1)33-30-17-9-7-15-27(30)28-20-24(18-19-31(28)33)32-21-22-10-4-5-13-25(22)26-14-6-8-16-29(26)32/h1-2,4-11,13-20H,3,12,21H2. The molecule has 0 unspecified atom stereocenters. The zero-order valence-corrected chi connectivity index (χ0v) is 18.4. The molecule has 7 rings (SSSR count). The molecule has 0 spiro atoms. The molecule has 0 saturated carbocycles. The van der Waals surface area contributed by atoms with E-state index in [-0.39, 0.29) is 0 Å². The van der Waals surface area contributed by atoms with Gasteiger partial charge in [0.2, 0.25) is 0 Å². The third-order valence-electron chi connectivity index (χ3n) is 7.08. The van der Waals surface area contributed by atoms with Crippen molar-refractivity contribution >= 4 is 38.9 Å². The molecular formula is C31H24N2. The molecule has 0 atom stereocenters. The van der Waals surface area contributed by atoms with Crippen molar-refractivity contribution in [3.05, 3.63) is 115 Å². The minimum atomic E-state index is 0.882. The zero-order valence-electron chi connectivity index (χ0n) is 18.4. The van der Waals surface area contributed by atoms with Gasteiger partial charge < -0.3 is 9.47 Å². The van der Waals surface area contributed by atoms with Gasteiger partial charge in [0.05, 0.1) is 11.0 Å². The fraction of sp³-hybridized carbons (Fsp3) is 0.0968. The number of rotatable bonds is 2. The van der Waals surface area contributed by atoms with Gasteiger partial charge in [-0.2, -0.15) is 0 Å². The second-order valence-electron chi connectivity index (χ2n) is 8.94. The van der Waals surface area contributed by atoms with Gasteiger partial charge in [-0.3, -0.25) is 0 Å². The first-order valence-corrected chi connectivity index (χ1v) is 11.7. The van der Waals surface area contributed by atoms with Crippen molar-refractivity contribution in [2.75, 3.05) is 4.90 Å². The molecule has 2 nitrogen and oxygen atoms in total. The number of anilines is 2. The van der Waals surface area contributed by atoms with Gasteiger partial charge in [0.15, 0.2) is 0 Å². The molecule has 0 radical (unpaired) electrons. The van der Waals surface area contributed by atoms with Gasteiger partial charge in [0.1, 0.15) is 0 Å². The summed E-state index contributed by atoms with van der Waals surface area (Å²) in [7, 11) is 0. The zero-order chi connectivity index (χ0) is 21.8. The molecule has 158 valence electrons. The van der Waals surface area contributed by atoms with E-state index >= 15 is 0 Å². The summed E-state index contributed by atoms with van der Waals surface area (Å²) in [5, 5.41) is 2.63. The van der Waals surface area contributed by atoms with Crippen LogP contribution in [0.25, 0.3) is 38.6 Å². The minimum Gasteiger partial charge on any atom is -0.336 e. The Morgan fingerprint density at radius 2 is 1.45 bits per heavy atom. The lowest BCUT2D eigenvalue weighted by atomic mass is 9.93. The molecule has 0 bridgehead atoms. The molecule has 1 aliphatic carbocycles. The highest BCUT2D eigenvalue weighted by Gasteiger charge is 2.23. The number of nitrogens with zero attached hydrogens (tertiary/aromatic N) is 2. The van der Waals surface area contributed by atoms with Gasteiger partial charge in [-0.25, -0.2) is 0 Å². The van der Waals surface area contributed by atoms with Gasteiger partial charge in [-0.05, 0) is 60.4 Å². The molecule has 4 aromatic carbocycles. The molecule has 0 N–H and O–H groups in total. The third kappa shape index (κ3) is 2.81. The molecule has 2 heteroatoms.